The Balaban J connectivity index is 1.93. The van der Waals surface area contributed by atoms with E-state index in [2.05, 4.69) is 10.1 Å². The van der Waals surface area contributed by atoms with Gasteiger partial charge in [0.05, 0.1) is 11.1 Å². The normalized spacial score (nSPS) is 12.4. The van der Waals surface area contributed by atoms with Gasteiger partial charge in [0.2, 0.25) is 0 Å². The lowest BCUT2D eigenvalue weighted by molar-refractivity contribution is -0.137. The zero-order chi connectivity index (χ0) is 20.9. The largest absolute Gasteiger partial charge is 0.449 e. The van der Waals surface area contributed by atoms with E-state index in [1.165, 1.54) is 19.1 Å². The van der Waals surface area contributed by atoms with E-state index >= 15 is 0 Å². The number of nitrogens with one attached hydrogen (secondary N) is 1. The van der Waals surface area contributed by atoms with Crippen LogP contribution >= 0.6 is 0 Å². The Kier molecular flexibility index (Phi) is 6.55. The SMILES string of the molecule is CC(OC(=O)c1ccc(OC(F)F)cc1)C(=O)Nc1ccc(C(F)(F)F)cc1. The summed E-state index contributed by atoms with van der Waals surface area (Å²) >= 11 is 0. The van der Waals surface area contributed by atoms with Gasteiger partial charge in [-0.2, -0.15) is 22.0 Å². The number of benzene rings is 2. The van der Waals surface area contributed by atoms with Gasteiger partial charge >= 0.3 is 18.8 Å². The van der Waals surface area contributed by atoms with Gasteiger partial charge in [0, 0.05) is 5.69 Å². The second-order valence-corrected chi connectivity index (χ2v) is 5.51. The van der Waals surface area contributed by atoms with Crippen LogP contribution in [-0.2, 0) is 15.7 Å². The third kappa shape index (κ3) is 5.93. The summed E-state index contributed by atoms with van der Waals surface area (Å²) in [4.78, 5) is 24.0. The van der Waals surface area contributed by atoms with E-state index in [4.69, 9.17) is 4.74 Å². The van der Waals surface area contributed by atoms with E-state index in [9.17, 15) is 31.5 Å². The molecule has 5 nitrogen and oxygen atoms in total. The number of anilines is 1. The molecule has 0 radical (unpaired) electrons. The molecular formula is C18H14F5NO4. The van der Waals surface area contributed by atoms with E-state index in [1.54, 1.807) is 0 Å². The van der Waals surface area contributed by atoms with Crippen LogP contribution in [0, 0.1) is 0 Å². The van der Waals surface area contributed by atoms with Crippen molar-refractivity contribution in [2.24, 2.45) is 0 Å². The Morgan fingerprint density at radius 1 is 0.964 bits per heavy atom. The molecule has 0 heterocycles. The average molecular weight is 403 g/mol. The molecule has 0 fully saturated rings. The first-order chi connectivity index (χ1) is 13.1. The topological polar surface area (TPSA) is 64.6 Å². The van der Waals surface area contributed by atoms with Crippen LogP contribution < -0.4 is 10.1 Å². The van der Waals surface area contributed by atoms with Gasteiger partial charge < -0.3 is 14.8 Å². The third-order valence-electron chi connectivity index (χ3n) is 3.45. The third-order valence-corrected chi connectivity index (χ3v) is 3.45. The molecule has 0 bridgehead atoms. The molecule has 1 atom stereocenters. The van der Waals surface area contributed by atoms with Crippen LogP contribution in [0.2, 0.25) is 0 Å². The van der Waals surface area contributed by atoms with Crippen molar-refractivity contribution in [3.05, 3.63) is 59.7 Å². The standard InChI is InChI=1S/C18H14F5NO4/c1-10(15(25)24-13-6-4-12(5-7-13)18(21,22)23)27-16(26)11-2-8-14(9-3-11)28-17(19)20/h2-10,17H,1H3,(H,24,25). The summed E-state index contributed by atoms with van der Waals surface area (Å²) in [7, 11) is 0. The molecule has 0 aromatic heterocycles. The molecule has 28 heavy (non-hydrogen) atoms. The molecule has 0 aliphatic carbocycles. The van der Waals surface area contributed by atoms with Crippen LogP contribution in [0.5, 0.6) is 5.75 Å². The van der Waals surface area contributed by atoms with E-state index in [-0.39, 0.29) is 17.0 Å². The first kappa shape index (κ1) is 21.1. The van der Waals surface area contributed by atoms with Gasteiger partial charge in [0.25, 0.3) is 5.91 Å². The molecule has 0 saturated heterocycles. The lowest BCUT2D eigenvalue weighted by Gasteiger charge is -2.14. The van der Waals surface area contributed by atoms with Crippen molar-refractivity contribution in [1.82, 2.24) is 0 Å². The molecule has 10 heteroatoms. The summed E-state index contributed by atoms with van der Waals surface area (Å²) in [5.74, 6) is -1.80. The van der Waals surface area contributed by atoms with E-state index < -0.39 is 36.3 Å². The maximum atomic E-state index is 12.5. The highest BCUT2D eigenvalue weighted by atomic mass is 19.4. The lowest BCUT2D eigenvalue weighted by Crippen LogP contribution is -2.30. The Labute approximate surface area is 156 Å². The van der Waals surface area contributed by atoms with Crippen LogP contribution in [0.3, 0.4) is 0 Å². The smallest absolute Gasteiger partial charge is 0.416 e. The fourth-order valence-electron chi connectivity index (χ4n) is 2.04. The number of carbonyl (C=O) groups is 2. The molecule has 1 unspecified atom stereocenters. The van der Waals surface area contributed by atoms with Crippen LogP contribution in [0.1, 0.15) is 22.8 Å². The van der Waals surface area contributed by atoms with Crippen molar-refractivity contribution in [2.75, 3.05) is 5.32 Å². The van der Waals surface area contributed by atoms with Crippen molar-refractivity contribution in [3.8, 4) is 5.75 Å². The van der Waals surface area contributed by atoms with Crippen molar-refractivity contribution in [1.29, 1.82) is 0 Å². The fourth-order valence-corrected chi connectivity index (χ4v) is 2.04. The summed E-state index contributed by atoms with van der Waals surface area (Å²) in [5.41, 5.74) is -0.783. The number of amides is 1. The number of halogens is 5. The van der Waals surface area contributed by atoms with E-state index in [1.807, 2.05) is 0 Å². The molecule has 150 valence electrons. The Morgan fingerprint density at radius 3 is 2.04 bits per heavy atom. The number of hydrogen-bond acceptors (Lipinski definition) is 4. The van der Waals surface area contributed by atoms with Crippen LogP contribution in [0.4, 0.5) is 27.6 Å². The predicted octanol–water partition coefficient (Wildman–Crippen LogP) is 4.49. The minimum atomic E-state index is -4.50. The molecule has 0 aliphatic heterocycles. The minimum absolute atomic E-state index is 0.00389. The van der Waals surface area contributed by atoms with Gasteiger partial charge in [-0.25, -0.2) is 4.79 Å². The number of rotatable bonds is 6. The van der Waals surface area contributed by atoms with Crippen LogP contribution in [-0.4, -0.2) is 24.6 Å². The van der Waals surface area contributed by atoms with Gasteiger partial charge in [-0.3, -0.25) is 4.79 Å². The summed E-state index contributed by atoms with van der Waals surface area (Å²) in [6.07, 6.45) is -5.76. The molecule has 1 amide bonds. The second-order valence-electron chi connectivity index (χ2n) is 5.51. The van der Waals surface area contributed by atoms with Crippen molar-refractivity contribution in [3.63, 3.8) is 0 Å². The predicted molar refractivity (Wildman–Crippen MR) is 88.0 cm³/mol. The number of alkyl halides is 5. The Bertz CT molecular complexity index is 819. The fraction of sp³-hybridized carbons (Fsp3) is 0.222. The molecule has 0 saturated carbocycles. The average Bonchev–Trinajstić information content (AvgIpc) is 2.61. The van der Waals surface area contributed by atoms with Gasteiger partial charge in [-0.1, -0.05) is 0 Å². The molecule has 2 aromatic rings. The second kappa shape index (κ2) is 8.68. The van der Waals surface area contributed by atoms with E-state index in [0.717, 1.165) is 36.4 Å². The molecule has 0 aliphatic rings. The summed E-state index contributed by atoms with van der Waals surface area (Å²) in [6.45, 7) is -1.74. The minimum Gasteiger partial charge on any atom is -0.449 e. The number of carbonyl (C=O) groups excluding carboxylic acids is 2. The number of ether oxygens (including phenoxy) is 2. The quantitative estimate of drug-likeness (QED) is 0.570. The molecule has 1 N–H and O–H groups in total. The van der Waals surface area contributed by atoms with Gasteiger partial charge in [0.1, 0.15) is 5.75 Å². The first-order valence-corrected chi connectivity index (χ1v) is 7.80. The van der Waals surface area contributed by atoms with Gasteiger partial charge in [0.15, 0.2) is 6.10 Å². The molecular weight excluding hydrogens is 389 g/mol. The monoisotopic (exact) mass is 403 g/mol. The van der Waals surface area contributed by atoms with Gasteiger partial charge in [-0.05, 0) is 55.5 Å². The first-order valence-electron chi connectivity index (χ1n) is 7.80. The zero-order valence-electron chi connectivity index (χ0n) is 14.3. The van der Waals surface area contributed by atoms with E-state index in [0.29, 0.717) is 0 Å². The zero-order valence-corrected chi connectivity index (χ0v) is 14.3. The molecule has 2 aromatic carbocycles. The van der Waals surface area contributed by atoms with Crippen LogP contribution in [0.25, 0.3) is 0 Å². The van der Waals surface area contributed by atoms with Crippen LogP contribution in [0.15, 0.2) is 48.5 Å². The van der Waals surface area contributed by atoms with Crippen molar-refractivity contribution < 1.29 is 41.0 Å². The number of hydrogen-bond donors (Lipinski definition) is 1. The summed E-state index contributed by atoms with van der Waals surface area (Å²) in [6, 6.07) is 8.37. The highest BCUT2D eigenvalue weighted by Crippen LogP contribution is 2.29. The van der Waals surface area contributed by atoms with Crippen molar-refractivity contribution >= 4 is 17.6 Å². The maximum absolute atomic E-state index is 12.5. The van der Waals surface area contributed by atoms with Gasteiger partial charge in [-0.15, -0.1) is 0 Å². The summed E-state index contributed by atoms with van der Waals surface area (Å²) < 4.78 is 70.8. The summed E-state index contributed by atoms with van der Waals surface area (Å²) in [5, 5.41) is 2.32. The highest BCUT2D eigenvalue weighted by Gasteiger charge is 2.30. The number of esters is 1. The van der Waals surface area contributed by atoms with Crippen molar-refractivity contribution in [2.45, 2.75) is 25.8 Å². The molecule has 0 spiro atoms. The lowest BCUT2D eigenvalue weighted by atomic mass is 10.2. The highest BCUT2D eigenvalue weighted by molar-refractivity contribution is 5.97. The maximum Gasteiger partial charge on any atom is 0.416 e. The Morgan fingerprint density at radius 2 is 1.54 bits per heavy atom. The molecule has 2 rings (SSSR count). The Hall–Kier alpha value is -3.17.